The zero-order valence-corrected chi connectivity index (χ0v) is 9.49. The van der Waals surface area contributed by atoms with Gasteiger partial charge in [-0.05, 0) is 37.7 Å². The zero-order chi connectivity index (χ0) is 10.8. The minimum absolute atomic E-state index is 0.375. The molecule has 2 heteroatoms. The molecular formula is C12H22O2. The Hall–Kier alpha value is -0.600. The Morgan fingerprint density at radius 1 is 1.43 bits per heavy atom. The predicted octanol–water partition coefficient (Wildman–Crippen LogP) is 3.80. The molecule has 0 saturated heterocycles. The van der Waals surface area contributed by atoms with Crippen molar-refractivity contribution in [3.63, 3.8) is 0 Å². The van der Waals surface area contributed by atoms with Crippen LogP contribution in [-0.2, 0) is 4.89 Å². The Bertz CT molecular complexity index is 181. The molecule has 0 heterocycles. The van der Waals surface area contributed by atoms with Crippen LogP contribution in [0.3, 0.4) is 0 Å². The molecule has 1 N–H and O–H groups in total. The fourth-order valence-electron chi connectivity index (χ4n) is 1.23. The molecule has 14 heavy (non-hydrogen) atoms. The van der Waals surface area contributed by atoms with Gasteiger partial charge in [0.2, 0.25) is 0 Å². The molecule has 0 saturated carbocycles. The first-order valence-corrected chi connectivity index (χ1v) is 5.39. The molecule has 1 atom stereocenters. The molecule has 0 fully saturated rings. The van der Waals surface area contributed by atoms with Gasteiger partial charge in [-0.1, -0.05) is 32.1 Å². The van der Waals surface area contributed by atoms with Crippen molar-refractivity contribution in [2.75, 3.05) is 6.61 Å². The van der Waals surface area contributed by atoms with Crippen molar-refractivity contribution in [2.24, 2.45) is 5.92 Å². The van der Waals surface area contributed by atoms with Crippen molar-refractivity contribution in [1.29, 1.82) is 0 Å². The molecule has 0 amide bonds. The highest BCUT2D eigenvalue weighted by atomic mass is 17.1. The first-order valence-electron chi connectivity index (χ1n) is 5.39. The average molecular weight is 198 g/mol. The second-order valence-electron chi connectivity index (χ2n) is 3.41. The molecule has 0 radical (unpaired) electrons. The zero-order valence-electron chi connectivity index (χ0n) is 9.49. The summed E-state index contributed by atoms with van der Waals surface area (Å²) in [5, 5.41) is 7.38. The van der Waals surface area contributed by atoms with Crippen molar-refractivity contribution in [2.45, 2.75) is 40.0 Å². The molecule has 0 aliphatic heterocycles. The van der Waals surface area contributed by atoms with Crippen LogP contribution in [-0.4, -0.2) is 11.9 Å². The highest BCUT2D eigenvalue weighted by molar-refractivity contribution is 5.23. The second kappa shape index (κ2) is 8.97. The van der Waals surface area contributed by atoms with E-state index < -0.39 is 0 Å². The van der Waals surface area contributed by atoms with E-state index in [-0.39, 0.29) is 0 Å². The summed E-state index contributed by atoms with van der Waals surface area (Å²) < 4.78 is 0. The van der Waals surface area contributed by atoms with Crippen LogP contribution in [0.15, 0.2) is 23.8 Å². The van der Waals surface area contributed by atoms with Crippen LogP contribution in [0.2, 0.25) is 0 Å². The maximum absolute atomic E-state index is 7.38. The van der Waals surface area contributed by atoms with Crippen LogP contribution in [0.25, 0.3) is 0 Å². The minimum atomic E-state index is 0.375. The van der Waals surface area contributed by atoms with E-state index in [1.54, 1.807) is 6.92 Å². The highest BCUT2D eigenvalue weighted by Crippen LogP contribution is 2.20. The summed E-state index contributed by atoms with van der Waals surface area (Å²) in [5.74, 6) is 0.761. The van der Waals surface area contributed by atoms with Crippen LogP contribution in [0.5, 0.6) is 0 Å². The summed E-state index contributed by atoms with van der Waals surface area (Å²) in [7, 11) is 0. The Labute approximate surface area is 87.2 Å². The van der Waals surface area contributed by atoms with E-state index in [2.05, 4.69) is 37.0 Å². The topological polar surface area (TPSA) is 29.5 Å². The van der Waals surface area contributed by atoms with Crippen LogP contribution < -0.4 is 0 Å². The highest BCUT2D eigenvalue weighted by Gasteiger charge is 2.03. The largest absolute Gasteiger partial charge is 0.252 e. The maximum atomic E-state index is 7.38. The van der Waals surface area contributed by atoms with Crippen molar-refractivity contribution >= 4 is 0 Å². The fourth-order valence-corrected chi connectivity index (χ4v) is 1.23. The summed E-state index contributed by atoms with van der Waals surface area (Å²) >= 11 is 0. The van der Waals surface area contributed by atoms with Crippen LogP contribution in [0.4, 0.5) is 0 Å². The molecule has 0 bridgehead atoms. The molecule has 2 nitrogen and oxygen atoms in total. The minimum Gasteiger partial charge on any atom is -0.252 e. The number of rotatable bonds is 3. The van der Waals surface area contributed by atoms with Gasteiger partial charge in [0.05, 0.1) is 6.61 Å². The quantitative estimate of drug-likeness (QED) is 0.552. The van der Waals surface area contributed by atoms with E-state index in [4.69, 9.17) is 5.26 Å². The van der Waals surface area contributed by atoms with Crippen LogP contribution in [0.1, 0.15) is 40.0 Å². The van der Waals surface area contributed by atoms with E-state index in [1.165, 1.54) is 24.8 Å². The first-order chi connectivity index (χ1) is 6.76. The van der Waals surface area contributed by atoms with Gasteiger partial charge >= 0.3 is 0 Å². The Kier molecular flexibility index (Phi) is 8.59. The molecule has 0 aromatic carbocycles. The lowest BCUT2D eigenvalue weighted by molar-refractivity contribution is -0.237. The third kappa shape index (κ3) is 5.95. The van der Waals surface area contributed by atoms with E-state index in [9.17, 15) is 0 Å². The van der Waals surface area contributed by atoms with Gasteiger partial charge in [0.25, 0.3) is 0 Å². The summed E-state index contributed by atoms with van der Waals surface area (Å²) in [6.45, 7) is 6.62. The lowest BCUT2D eigenvalue weighted by Crippen LogP contribution is -1.96. The standard InChI is InChI=1S/C10H16.C2H6O2/c1-3-9(2)10-7-5-4-6-8-10;1-2-4-3/h5,7-9H,3-4,6H2,1-2H3;3H,2H2,1H3. The van der Waals surface area contributed by atoms with Gasteiger partial charge in [0.15, 0.2) is 0 Å². The Balaban J connectivity index is 0.000000364. The average Bonchev–Trinajstić information content (AvgIpc) is 2.29. The summed E-state index contributed by atoms with van der Waals surface area (Å²) in [4.78, 5) is 3.54. The van der Waals surface area contributed by atoms with Gasteiger partial charge in [-0.15, -0.1) is 0 Å². The van der Waals surface area contributed by atoms with Crippen LogP contribution >= 0.6 is 0 Å². The lowest BCUT2D eigenvalue weighted by atomic mass is 9.94. The normalized spacial score (nSPS) is 16.7. The molecule has 1 aliphatic carbocycles. The molecule has 1 aliphatic rings. The SMILES string of the molecule is CCC(C)C1=CCCC=C1.CCOO. The fraction of sp³-hybridized carbons (Fsp3) is 0.667. The third-order valence-electron chi connectivity index (χ3n) is 2.33. The summed E-state index contributed by atoms with van der Waals surface area (Å²) in [6, 6.07) is 0. The molecule has 1 rings (SSSR count). The van der Waals surface area contributed by atoms with Crippen molar-refractivity contribution in [3.05, 3.63) is 23.8 Å². The number of allylic oxidation sites excluding steroid dienone is 4. The summed E-state index contributed by atoms with van der Waals surface area (Å²) in [5.41, 5.74) is 1.54. The number of hydrogen-bond donors (Lipinski definition) is 1. The predicted molar refractivity (Wildman–Crippen MR) is 60.2 cm³/mol. The van der Waals surface area contributed by atoms with E-state index in [1.807, 2.05) is 0 Å². The van der Waals surface area contributed by atoms with E-state index >= 15 is 0 Å². The molecular weight excluding hydrogens is 176 g/mol. The maximum Gasteiger partial charge on any atom is 0.0791 e. The first kappa shape index (κ1) is 13.4. The van der Waals surface area contributed by atoms with Gasteiger partial charge in [-0.3, -0.25) is 5.26 Å². The Morgan fingerprint density at radius 2 is 2.07 bits per heavy atom. The van der Waals surface area contributed by atoms with E-state index in [0.29, 0.717) is 6.61 Å². The number of hydrogen-bond acceptors (Lipinski definition) is 2. The van der Waals surface area contributed by atoms with Gasteiger partial charge in [0.1, 0.15) is 0 Å². The van der Waals surface area contributed by atoms with Gasteiger partial charge < -0.3 is 0 Å². The smallest absolute Gasteiger partial charge is 0.0791 e. The van der Waals surface area contributed by atoms with Crippen molar-refractivity contribution in [3.8, 4) is 0 Å². The molecule has 0 spiro atoms. The summed E-state index contributed by atoms with van der Waals surface area (Å²) in [6.07, 6.45) is 10.7. The monoisotopic (exact) mass is 198 g/mol. The van der Waals surface area contributed by atoms with Crippen LogP contribution in [0, 0.1) is 5.92 Å². The third-order valence-corrected chi connectivity index (χ3v) is 2.33. The molecule has 0 aromatic heterocycles. The van der Waals surface area contributed by atoms with Gasteiger partial charge in [-0.2, -0.15) is 0 Å². The molecule has 82 valence electrons. The van der Waals surface area contributed by atoms with Crippen molar-refractivity contribution < 1.29 is 10.1 Å². The van der Waals surface area contributed by atoms with Gasteiger partial charge in [0, 0.05) is 0 Å². The Morgan fingerprint density at radius 3 is 2.43 bits per heavy atom. The molecule has 0 aromatic rings. The lowest BCUT2D eigenvalue weighted by Gasteiger charge is -2.12. The van der Waals surface area contributed by atoms with E-state index in [0.717, 1.165) is 5.92 Å². The molecule has 1 unspecified atom stereocenters. The van der Waals surface area contributed by atoms with Gasteiger partial charge in [-0.25, -0.2) is 4.89 Å². The second-order valence-corrected chi connectivity index (χ2v) is 3.41. The van der Waals surface area contributed by atoms with Crippen molar-refractivity contribution in [1.82, 2.24) is 0 Å².